The molecule has 0 spiro atoms. The van der Waals surface area contributed by atoms with Gasteiger partial charge < -0.3 is 15.3 Å². The zero-order chi connectivity index (χ0) is 10.0. The first-order valence-electron chi connectivity index (χ1n) is 5.81. The molecule has 14 heavy (non-hydrogen) atoms. The topological polar surface area (TPSA) is 35.5 Å². The van der Waals surface area contributed by atoms with E-state index in [1.165, 1.54) is 32.5 Å². The standard InChI is InChI=1S/C11H22N2O/c1-11(14)4-6-13(9-11)8-10-3-2-5-12-7-10/h10,12,14H,2-9H2,1H3. The van der Waals surface area contributed by atoms with Crippen molar-refractivity contribution >= 4 is 0 Å². The molecule has 2 heterocycles. The normalized spacial score (nSPS) is 40.3. The molecule has 82 valence electrons. The van der Waals surface area contributed by atoms with Crippen LogP contribution in [-0.4, -0.2) is 48.3 Å². The van der Waals surface area contributed by atoms with Gasteiger partial charge in [0.2, 0.25) is 0 Å². The molecule has 2 N–H and O–H groups in total. The first-order valence-corrected chi connectivity index (χ1v) is 5.81. The third-order valence-corrected chi connectivity index (χ3v) is 3.45. The molecule has 0 aromatic rings. The Morgan fingerprint density at radius 2 is 2.43 bits per heavy atom. The number of piperidine rings is 1. The van der Waals surface area contributed by atoms with Gasteiger partial charge in [-0.05, 0) is 45.2 Å². The Morgan fingerprint density at radius 1 is 1.57 bits per heavy atom. The molecule has 0 amide bonds. The summed E-state index contributed by atoms with van der Waals surface area (Å²) in [6, 6.07) is 0. The summed E-state index contributed by atoms with van der Waals surface area (Å²) in [6.45, 7) is 7.41. The second-order valence-electron chi connectivity index (χ2n) is 5.19. The second-order valence-corrected chi connectivity index (χ2v) is 5.19. The molecular formula is C11H22N2O. The second kappa shape index (κ2) is 4.17. The van der Waals surface area contributed by atoms with Gasteiger partial charge >= 0.3 is 0 Å². The lowest BCUT2D eigenvalue weighted by Gasteiger charge is -2.27. The molecule has 0 radical (unpaired) electrons. The van der Waals surface area contributed by atoms with Crippen molar-refractivity contribution in [3.05, 3.63) is 0 Å². The van der Waals surface area contributed by atoms with Crippen LogP contribution in [-0.2, 0) is 0 Å². The number of hydrogen-bond donors (Lipinski definition) is 2. The summed E-state index contributed by atoms with van der Waals surface area (Å²) in [5.41, 5.74) is -0.428. The monoisotopic (exact) mass is 198 g/mol. The molecule has 2 aliphatic rings. The number of likely N-dealkylation sites (tertiary alicyclic amines) is 1. The Kier molecular flexibility index (Phi) is 3.10. The fourth-order valence-electron chi connectivity index (χ4n) is 2.64. The summed E-state index contributed by atoms with van der Waals surface area (Å²) in [5, 5.41) is 13.3. The van der Waals surface area contributed by atoms with Crippen molar-refractivity contribution in [3.8, 4) is 0 Å². The fraction of sp³-hybridized carbons (Fsp3) is 1.00. The summed E-state index contributed by atoms with van der Waals surface area (Å²) in [4.78, 5) is 2.41. The van der Waals surface area contributed by atoms with E-state index < -0.39 is 5.60 Å². The smallest absolute Gasteiger partial charge is 0.0758 e. The summed E-state index contributed by atoms with van der Waals surface area (Å²) < 4.78 is 0. The van der Waals surface area contributed by atoms with E-state index in [0.717, 1.165) is 25.4 Å². The van der Waals surface area contributed by atoms with Gasteiger partial charge in [-0.1, -0.05) is 0 Å². The lowest BCUT2D eigenvalue weighted by Crippen LogP contribution is -2.39. The van der Waals surface area contributed by atoms with E-state index in [4.69, 9.17) is 0 Å². The molecular weight excluding hydrogens is 176 g/mol. The molecule has 2 aliphatic heterocycles. The first-order chi connectivity index (χ1) is 6.66. The third-order valence-electron chi connectivity index (χ3n) is 3.45. The summed E-state index contributed by atoms with van der Waals surface area (Å²) in [6.07, 6.45) is 3.60. The van der Waals surface area contributed by atoms with Crippen LogP contribution in [0.2, 0.25) is 0 Å². The molecule has 2 atom stereocenters. The highest BCUT2D eigenvalue weighted by atomic mass is 16.3. The number of hydrogen-bond acceptors (Lipinski definition) is 3. The molecule has 2 saturated heterocycles. The minimum Gasteiger partial charge on any atom is -0.389 e. The fourth-order valence-corrected chi connectivity index (χ4v) is 2.64. The van der Waals surface area contributed by atoms with Crippen molar-refractivity contribution in [1.29, 1.82) is 0 Å². The Bertz CT molecular complexity index is 188. The van der Waals surface area contributed by atoms with Crippen molar-refractivity contribution in [3.63, 3.8) is 0 Å². The number of nitrogens with one attached hydrogen (secondary N) is 1. The maximum absolute atomic E-state index is 9.84. The molecule has 0 aliphatic carbocycles. The summed E-state index contributed by atoms with van der Waals surface area (Å²) in [5.74, 6) is 0.803. The minimum atomic E-state index is -0.428. The van der Waals surface area contributed by atoms with Crippen LogP contribution >= 0.6 is 0 Å². The Hall–Kier alpha value is -0.120. The first kappa shape index (κ1) is 10.4. The van der Waals surface area contributed by atoms with Crippen molar-refractivity contribution in [2.75, 3.05) is 32.7 Å². The van der Waals surface area contributed by atoms with Crippen LogP contribution in [0.15, 0.2) is 0 Å². The predicted octanol–water partition coefficient (Wildman–Crippen LogP) is 0.443. The number of aliphatic hydroxyl groups is 1. The van der Waals surface area contributed by atoms with Gasteiger partial charge in [-0.3, -0.25) is 0 Å². The number of β-amino-alcohol motifs (C(OH)–C–C–N with tert-alkyl or cyclic N) is 1. The van der Waals surface area contributed by atoms with Crippen molar-refractivity contribution in [2.24, 2.45) is 5.92 Å². The average molecular weight is 198 g/mol. The quantitative estimate of drug-likeness (QED) is 0.676. The van der Waals surface area contributed by atoms with Gasteiger partial charge in [0.15, 0.2) is 0 Å². The zero-order valence-corrected chi connectivity index (χ0v) is 9.13. The van der Waals surface area contributed by atoms with E-state index in [-0.39, 0.29) is 0 Å². The number of rotatable bonds is 2. The van der Waals surface area contributed by atoms with Crippen molar-refractivity contribution < 1.29 is 5.11 Å². The summed E-state index contributed by atoms with van der Waals surface area (Å²) in [7, 11) is 0. The molecule has 0 saturated carbocycles. The lowest BCUT2D eigenvalue weighted by atomic mass is 9.99. The average Bonchev–Trinajstić information content (AvgIpc) is 2.47. The van der Waals surface area contributed by atoms with Crippen molar-refractivity contribution in [1.82, 2.24) is 10.2 Å². The van der Waals surface area contributed by atoms with E-state index >= 15 is 0 Å². The van der Waals surface area contributed by atoms with Crippen LogP contribution < -0.4 is 5.32 Å². The van der Waals surface area contributed by atoms with Gasteiger partial charge in [0, 0.05) is 19.6 Å². The zero-order valence-electron chi connectivity index (χ0n) is 9.13. The lowest BCUT2D eigenvalue weighted by molar-refractivity contribution is 0.0659. The van der Waals surface area contributed by atoms with Gasteiger partial charge in [-0.25, -0.2) is 0 Å². The Labute approximate surface area is 86.5 Å². The van der Waals surface area contributed by atoms with Gasteiger partial charge in [-0.15, -0.1) is 0 Å². The van der Waals surface area contributed by atoms with E-state index in [2.05, 4.69) is 10.2 Å². The molecule has 0 aromatic carbocycles. The van der Waals surface area contributed by atoms with Crippen molar-refractivity contribution in [2.45, 2.75) is 31.8 Å². The maximum Gasteiger partial charge on any atom is 0.0758 e. The molecule has 2 rings (SSSR count). The van der Waals surface area contributed by atoms with E-state index in [1.54, 1.807) is 0 Å². The van der Waals surface area contributed by atoms with Gasteiger partial charge in [0.1, 0.15) is 0 Å². The van der Waals surface area contributed by atoms with Crippen LogP contribution in [0.1, 0.15) is 26.2 Å². The molecule has 2 unspecified atom stereocenters. The largest absolute Gasteiger partial charge is 0.389 e. The maximum atomic E-state index is 9.84. The molecule has 3 heteroatoms. The van der Waals surface area contributed by atoms with Crippen LogP contribution in [0.3, 0.4) is 0 Å². The van der Waals surface area contributed by atoms with Crippen LogP contribution in [0, 0.1) is 5.92 Å². The van der Waals surface area contributed by atoms with Crippen LogP contribution in [0.5, 0.6) is 0 Å². The van der Waals surface area contributed by atoms with Crippen LogP contribution in [0.4, 0.5) is 0 Å². The predicted molar refractivity (Wildman–Crippen MR) is 57.3 cm³/mol. The minimum absolute atomic E-state index is 0.428. The summed E-state index contributed by atoms with van der Waals surface area (Å²) >= 11 is 0. The SMILES string of the molecule is CC1(O)CCN(CC2CCCNC2)C1. The van der Waals surface area contributed by atoms with E-state index in [9.17, 15) is 5.11 Å². The van der Waals surface area contributed by atoms with Gasteiger partial charge in [0.25, 0.3) is 0 Å². The molecule has 0 bridgehead atoms. The molecule has 2 fully saturated rings. The Balaban J connectivity index is 1.75. The van der Waals surface area contributed by atoms with Crippen LogP contribution in [0.25, 0.3) is 0 Å². The highest BCUT2D eigenvalue weighted by Gasteiger charge is 2.32. The number of nitrogens with zero attached hydrogens (tertiary/aromatic N) is 1. The molecule has 3 nitrogen and oxygen atoms in total. The van der Waals surface area contributed by atoms with E-state index in [1.807, 2.05) is 6.92 Å². The molecule has 0 aromatic heterocycles. The van der Waals surface area contributed by atoms with Gasteiger partial charge in [0.05, 0.1) is 5.60 Å². The highest BCUT2D eigenvalue weighted by molar-refractivity contribution is 4.87. The van der Waals surface area contributed by atoms with Gasteiger partial charge in [-0.2, -0.15) is 0 Å². The third kappa shape index (κ3) is 2.69. The Morgan fingerprint density at radius 3 is 3.00 bits per heavy atom. The van der Waals surface area contributed by atoms with E-state index in [0.29, 0.717) is 0 Å². The highest BCUT2D eigenvalue weighted by Crippen LogP contribution is 2.22.